The van der Waals surface area contributed by atoms with Crippen molar-refractivity contribution in [2.24, 2.45) is 0 Å². The highest BCUT2D eigenvalue weighted by Gasteiger charge is 2.11. The van der Waals surface area contributed by atoms with Gasteiger partial charge in [-0.1, -0.05) is 30.3 Å². The Morgan fingerprint density at radius 3 is 2.54 bits per heavy atom. The summed E-state index contributed by atoms with van der Waals surface area (Å²) < 4.78 is 13.6. The molecular formula is C19H14FN5O. The number of para-hydroxylation sites is 1. The summed E-state index contributed by atoms with van der Waals surface area (Å²) in [4.78, 5) is 12.2. The minimum atomic E-state index is -0.471. The van der Waals surface area contributed by atoms with Crippen molar-refractivity contribution < 1.29 is 9.18 Å². The Balaban J connectivity index is 1.65. The number of carbonyl (C=O) groups excluding carboxylic acids is 1. The number of nitrogens with one attached hydrogen (secondary N) is 2. The van der Waals surface area contributed by atoms with Gasteiger partial charge in [-0.15, -0.1) is 10.2 Å². The smallest absolute Gasteiger partial charge is 0.276 e. The van der Waals surface area contributed by atoms with Crippen molar-refractivity contribution >= 4 is 17.4 Å². The molecule has 0 aliphatic heterocycles. The first-order valence-corrected chi connectivity index (χ1v) is 7.79. The molecule has 26 heavy (non-hydrogen) atoms. The van der Waals surface area contributed by atoms with Crippen LogP contribution in [0.4, 0.5) is 15.9 Å². The van der Waals surface area contributed by atoms with Gasteiger partial charge in [0.2, 0.25) is 0 Å². The number of benzene rings is 2. The molecule has 7 heteroatoms. The molecule has 128 valence electrons. The van der Waals surface area contributed by atoms with E-state index < -0.39 is 5.91 Å². The molecule has 0 bridgehead atoms. The van der Waals surface area contributed by atoms with Crippen LogP contribution in [0.1, 0.15) is 21.6 Å². The Bertz CT molecular complexity index is 966. The highest BCUT2D eigenvalue weighted by atomic mass is 19.1. The highest BCUT2D eigenvalue weighted by Crippen LogP contribution is 2.15. The molecular weight excluding hydrogens is 333 g/mol. The lowest BCUT2D eigenvalue weighted by molar-refractivity contribution is 0.102. The van der Waals surface area contributed by atoms with E-state index in [2.05, 4.69) is 20.8 Å². The molecule has 0 spiro atoms. The van der Waals surface area contributed by atoms with Crippen LogP contribution in [0, 0.1) is 17.1 Å². The summed E-state index contributed by atoms with van der Waals surface area (Å²) in [5, 5.41) is 22.4. The largest absolute Gasteiger partial charge is 0.364 e. The number of carbonyl (C=O) groups is 1. The number of rotatable bonds is 5. The maximum Gasteiger partial charge on any atom is 0.276 e. The van der Waals surface area contributed by atoms with Crippen molar-refractivity contribution in [2.75, 3.05) is 10.6 Å². The first kappa shape index (κ1) is 17.0. The van der Waals surface area contributed by atoms with Crippen LogP contribution in [0.3, 0.4) is 0 Å². The van der Waals surface area contributed by atoms with Gasteiger partial charge in [0.05, 0.1) is 11.3 Å². The van der Waals surface area contributed by atoms with Gasteiger partial charge in [-0.2, -0.15) is 5.26 Å². The number of aromatic nitrogens is 2. The molecule has 2 N–H and O–H groups in total. The van der Waals surface area contributed by atoms with Crippen molar-refractivity contribution in [1.82, 2.24) is 10.2 Å². The summed E-state index contributed by atoms with van der Waals surface area (Å²) in [6.45, 7) is 0.252. The van der Waals surface area contributed by atoms with Gasteiger partial charge in [0, 0.05) is 12.1 Å². The number of halogens is 1. The predicted molar refractivity (Wildman–Crippen MR) is 94.9 cm³/mol. The second-order valence-corrected chi connectivity index (χ2v) is 5.36. The quantitative estimate of drug-likeness (QED) is 0.738. The third-order valence-electron chi connectivity index (χ3n) is 3.61. The van der Waals surface area contributed by atoms with E-state index in [1.54, 1.807) is 48.5 Å². The number of nitriles is 1. The second kappa shape index (κ2) is 7.85. The van der Waals surface area contributed by atoms with Gasteiger partial charge in [0.15, 0.2) is 5.69 Å². The molecule has 0 aliphatic carbocycles. The number of amides is 1. The molecule has 6 nitrogen and oxygen atoms in total. The third kappa shape index (κ3) is 3.99. The zero-order valence-corrected chi connectivity index (χ0v) is 13.6. The number of anilines is 2. The van der Waals surface area contributed by atoms with Crippen LogP contribution in [0.15, 0.2) is 60.7 Å². The zero-order valence-electron chi connectivity index (χ0n) is 13.6. The molecule has 3 aromatic rings. The van der Waals surface area contributed by atoms with Crippen LogP contribution >= 0.6 is 0 Å². The van der Waals surface area contributed by atoms with Crippen LogP contribution < -0.4 is 10.6 Å². The van der Waals surface area contributed by atoms with Crippen molar-refractivity contribution in [3.05, 3.63) is 83.3 Å². The average Bonchev–Trinajstić information content (AvgIpc) is 2.68. The molecule has 0 atom stereocenters. The zero-order chi connectivity index (χ0) is 18.4. The van der Waals surface area contributed by atoms with E-state index in [0.717, 1.165) is 0 Å². The van der Waals surface area contributed by atoms with E-state index in [1.165, 1.54) is 12.1 Å². The number of nitrogens with zero attached hydrogens (tertiary/aromatic N) is 3. The summed E-state index contributed by atoms with van der Waals surface area (Å²) in [6.07, 6.45) is 0. The standard InChI is InChI=1S/C19H14FN5O/c20-15-7-3-1-6-14(15)12-22-18-10-9-17(24-25-18)19(26)23-16-8-4-2-5-13(16)11-21/h1-10H,12H2,(H,22,25)(H,23,26). The topological polar surface area (TPSA) is 90.7 Å². The van der Waals surface area contributed by atoms with E-state index in [1.807, 2.05) is 6.07 Å². The fraction of sp³-hybridized carbons (Fsp3) is 0.0526. The molecule has 1 amide bonds. The molecule has 0 aliphatic rings. The van der Waals surface area contributed by atoms with Crippen LogP contribution in [0.5, 0.6) is 0 Å². The average molecular weight is 347 g/mol. The monoisotopic (exact) mass is 347 g/mol. The summed E-state index contributed by atoms with van der Waals surface area (Å²) in [5.74, 6) is -0.358. The molecule has 2 aromatic carbocycles. The lowest BCUT2D eigenvalue weighted by Gasteiger charge is -2.08. The maximum absolute atomic E-state index is 13.6. The first-order valence-electron chi connectivity index (χ1n) is 7.79. The summed E-state index contributed by atoms with van der Waals surface area (Å²) in [5.41, 5.74) is 1.37. The highest BCUT2D eigenvalue weighted by molar-refractivity contribution is 6.03. The van der Waals surface area contributed by atoms with Crippen LogP contribution in [0.2, 0.25) is 0 Å². The minimum Gasteiger partial charge on any atom is -0.364 e. The summed E-state index contributed by atoms with van der Waals surface area (Å²) in [6, 6.07) is 18.2. The Kier molecular flexibility index (Phi) is 5.15. The molecule has 0 unspecified atom stereocenters. The van der Waals surface area contributed by atoms with Crippen LogP contribution in [-0.2, 0) is 6.54 Å². The fourth-order valence-electron chi connectivity index (χ4n) is 2.25. The van der Waals surface area contributed by atoms with Crippen molar-refractivity contribution in [3.8, 4) is 6.07 Å². The second-order valence-electron chi connectivity index (χ2n) is 5.36. The summed E-state index contributed by atoms with van der Waals surface area (Å²) in [7, 11) is 0. The van der Waals surface area contributed by atoms with E-state index in [9.17, 15) is 9.18 Å². The van der Waals surface area contributed by atoms with Gasteiger partial charge < -0.3 is 10.6 Å². The third-order valence-corrected chi connectivity index (χ3v) is 3.61. The van der Waals surface area contributed by atoms with E-state index >= 15 is 0 Å². The Labute approximate surface area is 149 Å². The molecule has 1 aromatic heterocycles. The first-order chi connectivity index (χ1) is 12.7. The van der Waals surface area contributed by atoms with Crippen molar-refractivity contribution in [1.29, 1.82) is 5.26 Å². The number of hydrogen-bond donors (Lipinski definition) is 2. The van der Waals surface area contributed by atoms with E-state index in [-0.39, 0.29) is 18.1 Å². The van der Waals surface area contributed by atoms with E-state index in [0.29, 0.717) is 22.6 Å². The Hall–Kier alpha value is -3.79. The van der Waals surface area contributed by atoms with Gasteiger partial charge in [0.25, 0.3) is 5.91 Å². The van der Waals surface area contributed by atoms with Crippen LogP contribution in [-0.4, -0.2) is 16.1 Å². The normalized spacial score (nSPS) is 10.0. The van der Waals surface area contributed by atoms with Gasteiger partial charge in [-0.25, -0.2) is 4.39 Å². The van der Waals surface area contributed by atoms with Crippen LogP contribution in [0.25, 0.3) is 0 Å². The van der Waals surface area contributed by atoms with Gasteiger partial charge in [0.1, 0.15) is 17.7 Å². The Morgan fingerprint density at radius 2 is 1.81 bits per heavy atom. The predicted octanol–water partition coefficient (Wildman–Crippen LogP) is 3.35. The number of hydrogen-bond acceptors (Lipinski definition) is 5. The van der Waals surface area contributed by atoms with E-state index in [4.69, 9.17) is 5.26 Å². The molecule has 3 rings (SSSR count). The molecule has 1 heterocycles. The van der Waals surface area contributed by atoms with Gasteiger partial charge in [-0.3, -0.25) is 4.79 Å². The minimum absolute atomic E-state index is 0.106. The van der Waals surface area contributed by atoms with Crippen molar-refractivity contribution in [3.63, 3.8) is 0 Å². The van der Waals surface area contributed by atoms with Crippen molar-refractivity contribution in [2.45, 2.75) is 6.54 Å². The van der Waals surface area contributed by atoms with Gasteiger partial charge in [-0.05, 0) is 30.3 Å². The fourth-order valence-corrected chi connectivity index (χ4v) is 2.25. The molecule has 0 fully saturated rings. The maximum atomic E-state index is 13.6. The molecule has 0 saturated heterocycles. The Morgan fingerprint density at radius 1 is 1.04 bits per heavy atom. The lowest BCUT2D eigenvalue weighted by Crippen LogP contribution is -2.15. The molecule has 0 radical (unpaired) electrons. The SMILES string of the molecule is N#Cc1ccccc1NC(=O)c1ccc(NCc2ccccc2F)nn1. The lowest BCUT2D eigenvalue weighted by atomic mass is 10.2. The van der Waals surface area contributed by atoms with Gasteiger partial charge >= 0.3 is 0 Å². The summed E-state index contributed by atoms with van der Waals surface area (Å²) >= 11 is 0. The molecule has 0 saturated carbocycles.